The van der Waals surface area contributed by atoms with E-state index < -0.39 is 0 Å². The third-order valence-corrected chi connectivity index (χ3v) is 4.69. The average molecular weight is 353 g/mol. The average Bonchev–Trinajstić information content (AvgIpc) is 3.16. The van der Waals surface area contributed by atoms with Crippen LogP contribution in [0.5, 0.6) is 11.5 Å². The van der Waals surface area contributed by atoms with Gasteiger partial charge in [0.1, 0.15) is 17.3 Å². The van der Waals surface area contributed by atoms with Crippen molar-refractivity contribution in [3.63, 3.8) is 0 Å². The fraction of sp³-hybridized carbons (Fsp3) is 0.150. The van der Waals surface area contributed by atoms with Crippen LogP contribution in [-0.2, 0) is 10.5 Å². The Morgan fingerprint density at radius 3 is 2.44 bits per heavy atom. The van der Waals surface area contributed by atoms with Crippen molar-refractivity contribution >= 4 is 23.4 Å². The first-order valence-corrected chi connectivity index (χ1v) is 9.03. The maximum absolute atomic E-state index is 12.3. The molecule has 2 aromatic carbocycles. The smallest absolute Gasteiger partial charge is 0.237 e. The van der Waals surface area contributed by atoms with Crippen molar-refractivity contribution in [3.8, 4) is 11.5 Å². The number of furan rings is 1. The molecule has 1 unspecified atom stereocenters. The van der Waals surface area contributed by atoms with E-state index in [-0.39, 0.29) is 11.2 Å². The lowest BCUT2D eigenvalue weighted by Crippen LogP contribution is -2.22. The van der Waals surface area contributed by atoms with Crippen LogP contribution in [0.4, 0.5) is 5.69 Å². The van der Waals surface area contributed by atoms with Gasteiger partial charge in [-0.3, -0.25) is 4.79 Å². The minimum absolute atomic E-state index is 0.0340. The third kappa shape index (κ3) is 5.16. The summed E-state index contributed by atoms with van der Waals surface area (Å²) >= 11 is 1.54. The van der Waals surface area contributed by atoms with Crippen LogP contribution in [0, 0.1) is 0 Å². The summed E-state index contributed by atoms with van der Waals surface area (Å²) in [6, 6.07) is 20.7. The Morgan fingerprint density at radius 1 is 1.04 bits per heavy atom. The van der Waals surface area contributed by atoms with E-state index in [0.29, 0.717) is 5.75 Å². The molecule has 0 bridgehead atoms. The Kier molecular flexibility index (Phi) is 5.80. The molecule has 1 atom stereocenters. The minimum atomic E-state index is -0.176. The summed E-state index contributed by atoms with van der Waals surface area (Å²) in [7, 11) is 0. The van der Waals surface area contributed by atoms with E-state index in [2.05, 4.69) is 5.32 Å². The highest BCUT2D eigenvalue weighted by molar-refractivity contribution is 7.99. The first-order valence-electron chi connectivity index (χ1n) is 7.98. The number of amides is 1. The molecular formula is C20H19NO3S. The van der Waals surface area contributed by atoms with Gasteiger partial charge in [-0.2, -0.15) is 0 Å². The summed E-state index contributed by atoms with van der Waals surface area (Å²) in [5, 5.41) is 2.74. The molecule has 0 fully saturated rings. The number of nitrogens with one attached hydrogen (secondary N) is 1. The third-order valence-electron chi connectivity index (χ3n) is 3.53. The summed E-state index contributed by atoms with van der Waals surface area (Å²) in [4.78, 5) is 12.3. The maximum Gasteiger partial charge on any atom is 0.237 e. The number of benzene rings is 2. The Bertz CT molecular complexity index is 786. The molecule has 1 heterocycles. The number of rotatable bonds is 7. The number of para-hydroxylation sites is 1. The highest BCUT2D eigenvalue weighted by atomic mass is 32.2. The van der Waals surface area contributed by atoms with Gasteiger partial charge in [-0.25, -0.2) is 0 Å². The van der Waals surface area contributed by atoms with Gasteiger partial charge in [-0.1, -0.05) is 18.2 Å². The lowest BCUT2D eigenvalue weighted by Gasteiger charge is -2.12. The molecule has 3 rings (SSSR count). The number of anilines is 1. The van der Waals surface area contributed by atoms with E-state index >= 15 is 0 Å². The highest BCUT2D eigenvalue weighted by Crippen LogP contribution is 2.24. The Labute approximate surface area is 151 Å². The fourth-order valence-electron chi connectivity index (χ4n) is 2.15. The number of hydrogen-bond acceptors (Lipinski definition) is 4. The zero-order chi connectivity index (χ0) is 17.5. The number of thioether (sulfide) groups is 1. The summed E-state index contributed by atoms with van der Waals surface area (Å²) in [5.74, 6) is 3.01. The van der Waals surface area contributed by atoms with Gasteiger partial charge in [0.05, 0.1) is 17.3 Å². The Morgan fingerprint density at radius 2 is 1.76 bits per heavy atom. The summed E-state index contributed by atoms with van der Waals surface area (Å²) in [6.07, 6.45) is 1.64. The Hall–Kier alpha value is -2.66. The molecular weight excluding hydrogens is 334 g/mol. The van der Waals surface area contributed by atoms with Gasteiger partial charge in [0, 0.05) is 5.69 Å². The highest BCUT2D eigenvalue weighted by Gasteiger charge is 2.14. The van der Waals surface area contributed by atoms with Crippen LogP contribution in [0.3, 0.4) is 0 Å². The second kappa shape index (κ2) is 8.44. The molecule has 0 aliphatic carbocycles. The number of carbonyl (C=O) groups excluding carboxylic acids is 1. The van der Waals surface area contributed by atoms with Gasteiger partial charge in [0.15, 0.2) is 0 Å². The monoisotopic (exact) mass is 353 g/mol. The fourth-order valence-corrected chi connectivity index (χ4v) is 2.94. The SMILES string of the molecule is CC(SCc1ccco1)C(=O)Nc1ccc(Oc2ccccc2)cc1. The molecule has 0 saturated heterocycles. The predicted octanol–water partition coefficient (Wildman–Crippen LogP) is 5.33. The van der Waals surface area contributed by atoms with Crippen LogP contribution in [-0.4, -0.2) is 11.2 Å². The van der Waals surface area contributed by atoms with Crippen molar-refractivity contribution in [1.29, 1.82) is 0 Å². The van der Waals surface area contributed by atoms with E-state index in [0.717, 1.165) is 22.9 Å². The van der Waals surface area contributed by atoms with Gasteiger partial charge in [0.2, 0.25) is 5.91 Å². The first kappa shape index (κ1) is 17.2. The van der Waals surface area contributed by atoms with Crippen molar-refractivity contribution in [2.75, 3.05) is 5.32 Å². The summed E-state index contributed by atoms with van der Waals surface area (Å²) in [5.41, 5.74) is 0.746. The molecule has 1 aromatic heterocycles. The van der Waals surface area contributed by atoms with Gasteiger partial charge in [-0.05, 0) is 55.5 Å². The van der Waals surface area contributed by atoms with Gasteiger partial charge in [-0.15, -0.1) is 11.8 Å². The van der Waals surface area contributed by atoms with Crippen LogP contribution in [0.25, 0.3) is 0 Å². The molecule has 0 spiro atoms. The topological polar surface area (TPSA) is 51.5 Å². The molecule has 0 aliphatic heterocycles. The summed E-state index contributed by atoms with van der Waals surface area (Å²) in [6.45, 7) is 1.88. The number of ether oxygens (including phenoxy) is 1. The number of hydrogen-bond donors (Lipinski definition) is 1. The number of carbonyl (C=O) groups is 1. The molecule has 0 saturated carbocycles. The molecule has 4 nitrogen and oxygen atoms in total. The van der Waals surface area contributed by atoms with E-state index in [4.69, 9.17) is 9.15 Å². The van der Waals surface area contributed by atoms with E-state index in [1.807, 2.05) is 73.7 Å². The van der Waals surface area contributed by atoms with Gasteiger partial charge >= 0.3 is 0 Å². The molecule has 0 radical (unpaired) electrons. The van der Waals surface area contributed by atoms with Crippen molar-refractivity contribution in [2.24, 2.45) is 0 Å². The van der Waals surface area contributed by atoms with Crippen LogP contribution in [0.1, 0.15) is 12.7 Å². The quantitative estimate of drug-likeness (QED) is 0.623. The van der Waals surface area contributed by atoms with Crippen molar-refractivity contribution in [1.82, 2.24) is 0 Å². The Balaban J connectivity index is 1.51. The molecule has 1 amide bonds. The maximum atomic E-state index is 12.3. The van der Waals surface area contributed by atoms with E-state index in [9.17, 15) is 4.79 Å². The zero-order valence-corrected chi connectivity index (χ0v) is 14.7. The molecule has 3 aromatic rings. The zero-order valence-electron chi connectivity index (χ0n) is 13.8. The van der Waals surface area contributed by atoms with Crippen molar-refractivity contribution in [2.45, 2.75) is 17.9 Å². The van der Waals surface area contributed by atoms with E-state index in [1.54, 1.807) is 6.26 Å². The molecule has 0 aliphatic rings. The van der Waals surface area contributed by atoms with Crippen LogP contribution < -0.4 is 10.1 Å². The van der Waals surface area contributed by atoms with Crippen molar-refractivity contribution < 1.29 is 13.9 Å². The second-order valence-electron chi connectivity index (χ2n) is 5.46. The first-order chi connectivity index (χ1) is 12.2. The molecule has 5 heteroatoms. The minimum Gasteiger partial charge on any atom is -0.468 e. The molecule has 1 N–H and O–H groups in total. The summed E-state index contributed by atoms with van der Waals surface area (Å²) < 4.78 is 11.0. The molecule has 128 valence electrons. The predicted molar refractivity (Wildman–Crippen MR) is 101 cm³/mol. The van der Waals surface area contributed by atoms with Crippen LogP contribution in [0.15, 0.2) is 77.4 Å². The normalized spacial score (nSPS) is 11.7. The second-order valence-corrected chi connectivity index (χ2v) is 6.79. The van der Waals surface area contributed by atoms with Crippen LogP contribution in [0.2, 0.25) is 0 Å². The van der Waals surface area contributed by atoms with Gasteiger partial charge < -0.3 is 14.5 Å². The molecule has 25 heavy (non-hydrogen) atoms. The van der Waals surface area contributed by atoms with E-state index in [1.165, 1.54) is 11.8 Å². The standard InChI is InChI=1S/C20H19NO3S/c1-15(25-14-19-8-5-13-23-19)20(22)21-16-9-11-18(12-10-16)24-17-6-3-2-4-7-17/h2-13,15H,14H2,1H3,(H,21,22). The van der Waals surface area contributed by atoms with Gasteiger partial charge in [0.25, 0.3) is 0 Å². The lowest BCUT2D eigenvalue weighted by molar-refractivity contribution is -0.115. The largest absolute Gasteiger partial charge is 0.468 e. The lowest BCUT2D eigenvalue weighted by atomic mass is 10.3. The van der Waals surface area contributed by atoms with Crippen LogP contribution >= 0.6 is 11.8 Å². The van der Waals surface area contributed by atoms with Crippen molar-refractivity contribution in [3.05, 3.63) is 78.8 Å².